The second-order valence-electron chi connectivity index (χ2n) is 10.1. The second-order valence-corrected chi connectivity index (χ2v) is 10.1. The van der Waals surface area contributed by atoms with Gasteiger partial charge in [0, 0.05) is 44.9 Å². The molecule has 0 radical (unpaired) electrons. The van der Waals surface area contributed by atoms with Crippen molar-refractivity contribution in [2.75, 3.05) is 32.7 Å². The summed E-state index contributed by atoms with van der Waals surface area (Å²) < 4.78 is 5.51. The van der Waals surface area contributed by atoms with Crippen molar-refractivity contribution in [1.82, 2.24) is 10.2 Å². The Balaban J connectivity index is 1.68. The molecule has 1 aromatic rings. The summed E-state index contributed by atoms with van der Waals surface area (Å²) >= 11 is 0. The van der Waals surface area contributed by atoms with Crippen LogP contribution in [-0.2, 0) is 9.53 Å². The maximum Gasteiger partial charge on any atom is 0.303 e. The largest absolute Gasteiger partial charge is 0.458 e. The highest BCUT2D eigenvalue weighted by Gasteiger charge is 2.49. The van der Waals surface area contributed by atoms with E-state index in [1.807, 2.05) is 0 Å². The number of carbonyl (C=O) groups is 1. The Morgan fingerprint density at radius 1 is 1.40 bits per heavy atom. The number of nitriles is 1. The van der Waals surface area contributed by atoms with Gasteiger partial charge in [-0.1, -0.05) is 32.9 Å². The number of hydrogen-bond donors (Lipinski definition) is 2. The van der Waals surface area contributed by atoms with Gasteiger partial charge in [0.15, 0.2) is 0 Å². The van der Waals surface area contributed by atoms with Crippen LogP contribution in [0, 0.1) is 28.1 Å². The van der Waals surface area contributed by atoms with Crippen molar-refractivity contribution in [3.63, 3.8) is 0 Å². The molecular weight excluding hydrogens is 378 g/mol. The Morgan fingerprint density at radius 3 is 2.70 bits per heavy atom. The first-order chi connectivity index (χ1) is 14.1. The van der Waals surface area contributed by atoms with E-state index >= 15 is 0 Å². The van der Waals surface area contributed by atoms with Gasteiger partial charge in [0.2, 0.25) is 0 Å². The lowest BCUT2D eigenvalue weighted by atomic mass is 9.59. The molecule has 0 amide bonds. The number of likely N-dealkylation sites (tertiary alicyclic amines) is 1. The number of carbonyl (C=O) groups excluding carboxylic acids is 1. The monoisotopic (exact) mass is 413 g/mol. The first-order valence-electron chi connectivity index (χ1n) is 10.9. The number of rotatable bonds is 6. The molecule has 164 valence electrons. The molecule has 30 heavy (non-hydrogen) atoms. The fourth-order valence-electron chi connectivity index (χ4n) is 5.11. The number of piperidine rings is 2. The summed E-state index contributed by atoms with van der Waals surface area (Å²) in [4.78, 5) is 14.0. The minimum atomic E-state index is -0.603. The Bertz CT molecular complexity index is 780. The summed E-state index contributed by atoms with van der Waals surface area (Å²) in [5.41, 5.74) is 1.75. The summed E-state index contributed by atoms with van der Waals surface area (Å²) in [6, 6.07) is 9.11. The molecule has 2 aliphatic heterocycles. The summed E-state index contributed by atoms with van der Waals surface area (Å²) in [5, 5.41) is 23.5. The molecule has 2 saturated heterocycles. The maximum atomic E-state index is 11.6. The van der Waals surface area contributed by atoms with E-state index < -0.39 is 12.2 Å². The van der Waals surface area contributed by atoms with Gasteiger partial charge in [0.1, 0.15) is 6.10 Å². The first kappa shape index (κ1) is 22.7. The van der Waals surface area contributed by atoms with E-state index in [2.05, 4.69) is 37.1 Å². The third-order valence-corrected chi connectivity index (χ3v) is 6.88. The van der Waals surface area contributed by atoms with E-state index in [1.165, 1.54) is 13.3 Å². The van der Waals surface area contributed by atoms with Crippen LogP contribution in [0.5, 0.6) is 0 Å². The van der Waals surface area contributed by atoms with Gasteiger partial charge in [-0.3, -0.25) is 9.69 Å². The number of nitrogens with one attached hydrogen (secondary N) is 1. The van der Waals surface area contributed by atoms with E-state index in [0.29, 0.717) is 24.4 Å². The lowest BCUT2D eigenvalue weighted by Crippen LogP contribution is -2.62. The SMILES string of the molecule is CC(=O)OC(CC(O)CN1CC2CNCC(C(C)(C)C)(C2)C1)c1ccc(C#N)cc1. The van der Waals surface area contributed by atoms with Crippen LogP contribution in [0.25, 0.3) is 0 Å². The van der Waals surface area contributed by atoms with Crippen LogP contribution in [0.4, 0.5) is 0 Å². The van der Waals surface area contributed by atoms with Crippen molar-refractivity contribution in [1.29, 1.82) is 5.26 Å². The summed E-state index contributed by atoms with van der Waals surface area (Å²) in [7, 11) is 0. The number of hydrogen-bond acceptors (Lipinski definition) is 6. The van der Waals surface area contributed by atoms with Crippen molar-refractivity contribution in [2.45, 2.75) is 52.7 Å². The van der Waals surface area contributed by atoms with Crippen LogP contribution in [0.1, 0.15) is 57.8 Å². The zero-order valence-corrected chi connectivity index (χ0v) is 18.6. The molecule has 0 aromatic heterocycles. The molecule has 2 heterocycles. The standard InChI is InChI=1S/C24H35N3O3/c1-17(28)30-22(20-7-5-18(11-25)6-8-20)9-21(29)14-27-13-19-10-24(16-27,15-26-12-19)23(2,3)4/h5-8,19,21-22,26,29H,9-10,12-16H2,1-4H3. The molecule has 4 unspecified atom stereocenters. The molecule has 3 rings (SSSR count). The average molecular weight is 414 g/mol. The van der Waals surface area contributed by atoms with Crippen LogP contribution < -0.4 is 5.32 Å². The number of fused-ring (bicyclic) bond motifs is 2. The van der Waals surface area contributed by atoms with E-state index in [-0.39, 0.29) is 16.8 Å². The lowest BCUT2D eigenvalue weighted by molar-refractivity contribution is -0.148. The minimum absolute atomic E-state index is 0.186. The number of aliphatic hydroxyl groups excluding tert-OH is 1. The number of esters is 1. The third-order valence-electron chi connectivity index (χ3n) is 6.88. The van der Waals surface area contributed by atoms with Gasteiger partial charge in [-0.05, 0) is 42.0 Å². The molecule has 1 aromatic carbocycles. The summed E-state index contributed by atoms with van der Waals surface area (Å²) in [5.74, 6) is 0.226. The van der Waals surface area contributed by atoms with Crippen molar-refractivity contribution in [2.24, 2.45) is 16.7 Å². The van der Waals surface area contributed by atoms with Gasteiger partial charge in [-0.15, -0.1) is 0 Å². The van der Waals surface area contributed by atoms with Crippen LogP contribution in [0.3, 0.4) is 0 Å². The molecule has 4 atom stereocenters. The van der Waals surface area contributed by atoms with Gasteiger partial charge in [-0.25, -0.2) is 0 Å². The smallest absolute Gasteiger partial charge is 0.303 e. The number of aliphatic hydroxyl groups is 1. The van der Waals surface area contributed by atoms with Crippen molar-refractivity contribution in [3.8, 4) is 6.07 Å². The maximum absolute atomic E-state index is 11.6. The Labute approximate surface area is 180 Å². The van der Waals surface area contributed by atoms with E-state index in [0.717, 1.165) is 31.7 Å². The van der Waals surface area contributed by atoms with Crippen LogP contribution in [0.15, 0.2) is 24.3 Å². The zero-order valence-electron chi connectivity index (χ0n) is 18.6. The predicted molar refractivity (Wildman–Crippen MR) is 116 cm³/mol. The molecule has 0 spiro atoms. The molecule has 0 saturated carbocycles. The highest BCUT2D eigenvalue weighted by Crippen LogP contribution is 2.48. The fraction of sp³-hybridized carbons (Fsp3) is 0.667. The van der Waals surface area contributed by atoms with Gasteiger partial charge in [0.05, 0.1) is 17.7 Å². The first-order valence-corrected chi connectivity index (χ1v) is 10.9. The van der Waals surface area contributed by atoms with E-state index in [1.54, 1.807) is 24.3 Å². The Kier molecular flexibility index (Phi) is 6.86. The van der Waals surface area contributed by atoms with E-state index in [4.69, 9.17) is 10.00 Å². The van der Waals surface area contributed by atoms with Crippen molar-refractivity contribution < 1.29 is 14.6 Å². The molecular formula is C24H35N3O3. The fourth-order valence-corrected chi connectivity index (χ4v) is 5.11. The van der Waals surface area contributed by atoms with Crippen molar-refractivity contribution >= 4 is 5.97 Å². The normalized spacial score (nSPS) is 26.5. The third kappa shape index (κ3) is 5.21. The molecule has 6 heteroatoms. The second kappa shape index (κ2) is 9.05. The molecule has 2 bridgehead atoms. The van der Waals surface area contributed by atoms with Gasteiger partial charge in [-0.2, -0.15) is 5.26 Å². The highest BCUT2D eigenvalue weighted by molar-refractivity contribution is 5.66. The van der Waals surface area contributed by atoms with Gasteiger partial charge < -0.3 is 15.2 Å². The summed E-state index contributed by atoms with van der Waals surface area (Å²) in [6.45, 7) is 12.9. The quantitative estimate of drug-likeness (QED) is 0.698. The van der Waals surface area contributed by atoms with Crippen molar-refractivity contribution in [3.05, 3.63) is 35.4 Å². The highest BCUT2D eigenvalue weighted by atomic mass is 16.5. The number of ether oxygens (including phenoxy) is 1. The lowest BCUT2D eigenvalue weighted by Gasteiger charge is -2.56. The minimum Gasteiger partial charge on any atom is -0.458 e. The van der Waals surface area contributed by atoms with E-state index in [9.17, 15) is 9.90 Å². The van der Waals surface area contributed by atoms with Crippen LogP contribution in [0.2, 0.25) is 0 Å². The van der Waals surface area contributed by atoms with Gasteiger partial charge in [0.25, 0.3) is 0 Å². The van der Waals surface area contributed by atoms with Crippen LogP contribution >= 0.6 is 0 Å². The summed E-state index contributed by atoms with van der Waals surface area (Å²) in [6.07, 6.45) is 0.451. The van der Waals surface area contributed by atoms with Gasteiger partial charge >= 0.3 is 5.97 Å². The molecule has 0 aliphatic carbocycles. The van der Waals surface area contributed by atoms with Crippen LogP contribution in [-0.4, -0.2) is 54.8 Å². The number of nitrogens with zero attached hydrogens (tertiary/aromatic N) is 2. The number of β-amino-alcohol motifs (C(OH)–C–C–N with tert-alkyl or cyclic N) is 1. The topological polar surface area (TPSA) is 85.6 Å². The molecule has 2 fully saturated rings. The molecule has 2 aliphatic rings. The molecule has 2 N–H and O–H groups in total. The Morgan fingerprint density at radius 2 is 2.10 bits per heavy atom. The average Bonchev–Trinajstić information content (AvgIpc) is 2.66. The Hall–Kier alpha value is -1.94. The zero-order chi connectivity index (χ0) is 21.9. The molecule has 6 nitrogen and oxygen atoms in total. The predicted octanol–water partition coefficient (Wildman–Crippen LogP) is 2.87. The number of benzene rings is 1.